The van der Waals surface area contributed by atoms with E-state index in [1.54, 1.807) is 49.6 Å². The van der Waals surface area contributed by atoms with E-state index in [2.05, 4.69) is 10.6 Å². The van der Waals surface area contributed by atoms with E-state index in [1.165, 1.54) is 13.2 Å². The Kier molecular flexibility index (Phi) is 10.6. The smallest absolute Gasteiger partial charge is 0.337 e. The van der Waals surface area contributed by atoms with E-state index >= 15 is 0 Å². The van der Waals surface area contributed by atoms with Crippen molar-refractivity contribution in [2.24, 2.45) is 5.92 Å². The third-order valence-corrected chi connectivity index (χ3v) is 6.62. The molecule has 4 aromatic carbocycles. The standard InChI is InChI=1S/C35H36N2O7/c1-22(2)20-43-32-19-27(35(40)42-5)14-16-29(32)37-34(39)26-13-15-28(31(18-26)44-21-24-9-7-6-8-10-24)36-33(38)25-12-11-23(3)30(17-25)41-4/h6-19,22H,20-21H2,1-5H3,(H,36,38)(H,37,39). The van der Waals surface area contributed by atoms with Gasteiger partial charge in [-0.25, -0.2) is 4.79 Å². The first-order chi connectivity index (χ1) is 21.2. The monoisotopic (exact) mass is 596 g/mol. The Labute approximate surface area is 257 Å². The lowest BCUT2D eigenvalue weighted by molar-refractivity contribution is 0.0600. The average Bonchev–Trinajstić information content (AvgIpc) is 3.03. The molecule has 0 aliphatic heterocycles. The highest BCUT2D eigenvalue weighted by Gasteiger charge is 2.18. The number of ether oxygens (including phenoxy) is 4. The van der Waals surface area contributed by atoms with Crippen molar-refractivity contribution in [3.8, 4) is 17.2 Å². The molecule has 44 heavy (non-hydrogen) atoms. The zero-order valence-corrected chi connectivity index (χ0v) is 25.4. The fraction of sp³-hybridized carbons (Fsp3) is 0.229. The zero-order valence-electron chi connectivity index (χ0n) is 25.4. The molecule has 0 fully saturated rings. The van der Waals surface area contributed by atoms with E-state index in [1.807, 2.05) is 57.2 Å². The number of hydrogen-bond donors (Lipinski definition) is 2. The average molecular weight is 597 g/mol. The molecule has 9 nitrogen and oxygen atoms in total. The van der Waals surface area contributed by atoms with Gasteiger partial charge in [-0.05, 0) is 72.5 Å². The van der Waals surface area contributed by atoms with Gasteiger partial charge in [-0.15, -0.1) is 0 Å². The molecule has 0 heterocycles. The predicted molar refractivity (Wildman–Crippen MR) is 169 cm³/mol. The third-order valence-electron chi connectivity index (χ3n) is 6.62. The Morgan fingerprint density at radius 2 is 1.23 bits per heavy atom. The second-order valence-corrected chi connectivity index (χ2v) is 10.5. The SMILES string of the molecule is COC(=O)c1ccc(NC(=O)c2ccc(NC(=O)c3ccc(C)c(OC)c3)c(OCc3ccccc3)c2)c(OCC(C)C)c1. The number of nitrogens with one attached hydrogen (secondary N) is 2. The number of esters is 1. The quantitative estimate of drug-likeness (QED) is 0.171. The van der Waals surface area contributed by atoms with Crippen molar-refractivity contribution in [1.29, 1.82) is 0 Å². The summed E-state index contributed by atoms with van der Waals surface area (Å²) < 4.78 is 22.2. The second kappa shape index (κ2) is 14.7. The first-order valence-electron chi connectivity index (χ1n) is 14.1. The summed E-state index contributed by atoms with van der Waals surface area (Å²) >= 11 is 0. The van der Waals surface area contributed by atoms with Crippen molar-refractivity contribution in [2.75, 3.05) is 31.5 Å². The molecular weight excluding hydrogens is 560 g/mol. The molecule has 228 valence electrons. The topological polar surface area (TPSA) is 112 Å². The highest BCUT2D eigenvalue weighted by molar-refractivity contribution is 6.08. The zero-order chi connectivity index (χ0) is 31.6. The van der Waals surface area contributed by atoms with Crippen LogP contribution in [-0.4, -0.2) is 38.6 Å². The van der Waals surface area contributed by atoms with Crippen LogP contribution in [0.3, 0.4) is 0 Å². The second-order valence-electron chi connectivity index (χ2n) is 10.5. The van der Waals surface area contributed by atoms with E-state index in [0.29, 0.717) is 46.4 Å². The molecular formula is C35H36N2O7. The lowest BCUT2D eigenvalue weighted by Gasteiger charge is -2.17. The lowest BCUT2D eigenvalue weighted by atomic mass is 10.1. The van der Waals surface area contributed by atoms with Gasteiger partial charge in [-0.2, -0.15) is 0 Å². The molecule has 9 heteroatoms. The van der Waals surface area contributed by atoms with Crippen LogP contribution in [-0.2, 0) is 11.3 Å². The van der Waals surface area contributed by atoms with Crippen molar-refractivity contribution >= 4 is 29.2 Å². The Morgan fingerprint density at radius 1 is 0.682 bits per heavy atom. The maximum atomic E-state index is 13.4. The summed E-state index contributed by atoms with van der Waals surface area (Å²) in [7, 11) is 2.85. The van der Waals surface area contributed by atoms with Gasteiger partial charge in [0, 0.05) is 11.1 Å². The highest BCUT2D eigenvalue weighted by atomic mass is 16.5. The minimum atomic E-state index is -0.515. The maximum Gasteiger partial charge on any atom is 0.337 e. The first-order valence-corrected chi connectivity index (χ1v) is 14.1. The maximum absolute atomic E-state index is 13.4. The van der Waals surface area contributed by atoms with Crippen LogP contribution in [0.1, 0.15) is 56.0 Å². The molecule has 0 spiro atoms. The van der Waals surface area contributed by atoms with Crippen molar-refractivity contribution in [3.05, 3.63) is 113 Å². The van der Waals surface area contributed by atoms with Crippen molar-refractivity contribution in [1.82, 2.24) is 0 Å². The van der Waals surface area contributed by atoms with Gasteiger partial charge in [0.25, 0.3) is 11.8 Å². The Bertz CT molecular complexity index is 1630. The van der Waals surface area contributed by atoms with Gasteiger partial charge in [0.2, 0.25) is 0 Å². The number of amides is 2. The molecule has 4 rings (SSSR count). The van der Waals surface area contributed by atoms with Gasteiger partial charge in [0.15, 0.2) is 0 Å². The largest absolute Gasteiger partial charge is 0.496 e. The summed E-state index contributed by atoms with van der Waals surface area (Å²) in [5, 5.41) is 5.76. The van der Waals surface area contributed by atoms with Crippen LogP contribution in [0.15, 0.2) is 84.9 Å². The first kappa shape index (κ1) is 31.6. The van der Waals surface area contributed by atoms with Crippen molar-refractivity contribution in [2.45, 2.75) is 27.4 Å². The van der Waals surface area contributed by atoms with Crippen LogP contribution in [0.5, 0.6) is 17.2 Å². The molecule has 0 saturated heterocycles. The van der Waals surface area contributed by atoms with E-state index in [-0.39, 0.29) is 24.0 Å². The van der Waals surface area contributed by atoms with Gasteiger partial charge in [0.1, 0.15) is 23.9 Å². The van der Waals surface area contributed by atoms with E-state index in [9.17, 15) is 14.4 Å². The minimum absolute atomic E-state index is 0.216. The summed E-state index contributed by atoms with van der Waals surface area (Å²) in [5.41, 5.74) is 3.60. The number of hydrogen-bond acceptors (Lipinski definition) is 7. The van der Waals surface area contributed by atoms with Gasteiger partial charge in [-0.3, -0.25) is 9.59 Å². The van der Waals surface area contributed by atoms with Crippen LogP contribution < -0.4 is 24.8 Å². The van der Waals surface area contributed by atoms with Gasteiger partial charge in [-0.1, -0.05) is 50.2 Å². The lowest BCUT2D eigenvalue weighted by Crippen LogP contribution is -2.16. The van der Waals surface area contributed by atoms with E-state index in [0.717, 1.165) is 11.1 Å². The predicted octanol–water partition coefficient (Wildman–Crippen LogP) is 6.91. The van der Waals surface area contributed by atoms with Gasteiger partial charge in [0.05, 0.1) is 37.8 Å². The Hall–Kier alpha value is -5.31. The normalized spacial score (nSPS) is 10.6. The molecule has 2 amide bonds. The molecule has 0 aliphatic rings. The summed E-state index contributed by atoms with van der Waals surface area (Å²) in [4.78, 5) is 38.7. The molecule has 4 aromatic rings. The molecule has 0 aromatic heterocycles. The fourth-order valence-corrected chi connectivity index (χ4v) is 4.22. The molecule has 0 bridgehead atoms. The summed E-state index contributed by atoms with van der Waals surface area (Å²) in [6.07, 6.45) is 0. The van der Waals surface area contributed by atoms with Crippen LogP contribution in [0, 0.1) is 12.8 Å². The number of carbonyl (C=O) groups is 3. The highest BCUT2D eigenvalue weighted by Crippen LogP contribution is 2.31. The number of methoxy groups -OCH3 is 2. The van der Waals surface area contributed by atoms with Crippen LogP contribution in [0.4, 0.5) is 11.4 Å². The molecule has 0 saturated carbocycles. The minimum Gasteiger partial charge on any atom is -0.496 e. The number of benzene rings is 4. The number of carbonyl (C=O) groups excluding carboxylic acids is 3. The van der Waals surface area contributed by atoms with Crippen molar-refractivity contribution < 1.29 is 33.3 Å². The van der Waals surface area contributed by atoms with Crippen molar-refractivity contribution in [3.63, 3.8) is 0 Å². The van der Waals surface area contributed by atoms with Crippen LogP contribution in [0.2, 0.25) is 0 Å². The molecule has 0 unspecified atom stereocenters. The Balaban J connectivity index is 1.62. The number of rotatable bonds is 12. The Morgan fingerprint density at radius 3 is 1.82 bits per heavy atom. The molecule has 0 atom stereocenters. The third kappa shape index (κ3) is 8.16. The van der Waals surface area contributed by atoms with Crippen LogP contribution in [0.25, 0.3) is 0 Å². The summed E-state index contributed by atoms with van der Waals surface area (Å²) in [6.45, 7) is 6.48. The summed E-state index contributed by atoms with van der Waals surface area (Å²) in [5.74, 6) is 0.159. The fourth-order valence-electron chi connectivity index (χ4n) is 4.22. The summed E-state index contributed by atoms with van der Waals surface area (Å²) in [6, 6.07) is 24.2. The molecule has 2 N–H and O–H groups in total. The number of aryl methyl sites for hydroxylation is 1. The number of anilines is 2. The molecule has 0 radical (unpaired) electrons. The molecule has 0 aliphatic carbocycles. The van der Waals surface area contributed by atoms with Gasteiger partial charge < -0.3 is 29.6 Å². The van der Waals surface area contributed by atoms with Crippen LogP contribution >= 0.6 is 0 Å². The van der Waals surface area contributed by atoms with E-state index in [4.69, 9.17) is 18.9 Å². The van der Waals surface area contributed by atoms with Gasteiger partial charge >= 0.3 is 5.97 Å². The van der Waals surface area contributed by atoms with E-state index < -0.39 is 11.9 Å².